The minimum atomic E-state index is -0.719. The van der Waals surface area contributed by atoms with Crippen molar-refractivity contribution in [3.63, 3.8) is 0 Å². The molecule has 0 aliphatic heterocycles. The highest BCUT2D eigenvalue weighted by molar-refractivity contribution is 5.97. The molecule has 24 heavy (non-hydrogen) atoms. The third-order valence-electron chi connectivity index (χ3n) is 2.83. The van der Waals surface area contributed by atoms with Crippen LogP contribution in [0.5, 0.6) is 6.01 Å². The molecule has 0 radical (unpaired) electrons. The van der Waals surface area contributed by atoms with Crippen LogP contribution in [0.15, 0.2) is 18.6 Å². The average Bonchev–Trinajstić information content (AvgIpc) is 2.89. The number of nitrogens with two attached hydrogens (primary N) is 1. The van der Waals surface area contributed by atoms with Crippen LogP contribution in [0, 0.1) is 0 Å². The third-order valence-corrected chi connectivity index (χ3v) is 2.83. The maximum atomic E-state index is 11.9. The molecule has 2 rings (SSSR count). The number of amides is 1. The molecule has 0 spiro atoms. The normalized spacial score (nSPS) is 11.2. The van der Waals surface area contributed by atoms with Gasteiger partial charge in [-0.3, -0.25) is 14.3 Å². The fraction of sp³-hybridized carbons (Fsp3) is 0.400. The van der Waals surface area contributed by atoms with Crippen molar-refractivity contribution in [2.45, 2.75) is 32.9 Å². The second-order valence-corrected chi connectivity index (χ2v) is 6.00. The van der Waals surface area contributed by atoms with Crippen LogP contribution in [0.2, 0.25) is 0 Å². The molecule has 0 fully saturated rings. The molecule has 0 unspecified atom stereocenters. The van der Waals surface area contributed by atoms with Crippen LogP contribution < -0.4 is 10.5 Å². The van der Waals surface area contributed by atoms with E-state index >= 15 is 0 Å². The minimum absolute atomic E-state index is 0.0207. The molecule has 2 N–H and O–H groups in total. The molecular formula is C15H19N5O4. The van der Waals surface area contributed by atoms with Crippen LogP contribution in [0.4, 0.5) is 0 Å². The van der Waals surface area contributed by atoms with Crippen LogP contribution in [-0.4, -0.2) is 44.3 Å². The van der Waals surface area contributed by atoms with Crippen molar-refractivity contribution in [1.82, 2.24) is 19.7 Å². The molecule has 0 aromatic carbocycles. The zero-order chi connectivity index (χ0) is 17.9. The molecule has 0 aliphatic carbocycles. The lowest BCUT2D eigenvalue weighted by Crippen LogP contribution is -2.26. The van der Waals surface area contributed by atoms with Crippen molar-refractivity contribution >= 4 is 11.9 Å². The summed E-state index contributed by atoms with van der Waals surface area (Å²) in [5, 5.41) is 4.05. The Bertz CT molecular complexity index is 746. The van der Waals surface area contributed by atoms with E-state index in [0.717, 1.165) is 0 Å². The summed E-state index contributed by atoms with van der Waals surface area (Å²) < 4.78 is 11.4. The monoisotopic (exact) mass is 333 g/mol. The predicted molar refractivity (Wildman–Crippen MR) is 84.2 cm³/mol. The fourth-order valence-corrected chi connectivity index (χ4v) is 1.96. The van der Waals surface area contributed by atoms with Gasteiger partial charge in [-0.1, -0.05) is 0 Å². The zero-order valence-electron chi connectivity index (χ0n) is 13.9. The fourth-order valence-electron chi connectivity index (χ4n) is 1.96. The predicted octanol–water partition coefficient (Wildman–Crippen LogP) is 0.789. The lowest BCUT2D eigenvalue weighted by molar-refractivity contribution is -0.155. The Labute approximate surface area is 138 Å². The zero-order valence-corrected chi connectivity index (χ0v) is 13.9. The van der Waals surface area contributed by atoms with E-state index < -0.39 is 17.5 Å². The summed E-state index contributed by atoms with van der Waals surface area (Å²) in [4.78, 5) is 31.5. The van der Waals surface area contributed by atoms with Gasteiger partial charge in [-0.15, -0.1) is 0 Å². The van der Waals surface area contributed by atoms with Crippen LogP contribution in [0.1, 0.15) is 31.3 Å². The van der Waals surface area contributed by atoms with Crippen molar-refractivity contribution in [3.8, 4) is 17.1 Å². The van der Waals surface area contributed by atoms with Gasteiger partial charge in [0.25, 0.3) is 5.91 Å². The molecular weight excluding hydrogens is 314 g/mol. The van der Waals surface area contributed by atoms with Gasteiger partial charge in [-0.05, 0) is 20.8 Å². The first-order chi connectivity index (χ1) is 11.2. The quantitative estimate of drug-likeness (QED) is 0.802. The second-order valence-electron chi connectivity index (χ2n) is 6.00. The molecule has 1 amide bonds. The van der Waals surface area contributed by atoms with Gasteiger partial charge in [0.2, 0.25) is 0 Å². The molecule has 0 bridgehead atoms. The first kappa shape index (κ1) is 17.4. The van der Waals surface area contributed by atoms with E-state index in [0.29, 0.717) is 11.1 Å². The first-order valence-electron chi connectivity index (χ1n) is 7.15. The SMILES string of the molecule is COc1ncc(-c2cn(CC(=O)OC(C)(C)C)nc2C(N)=O)cn1. The molecule has 0 saturated heterocycles. The van der Waals surface area contributed by atoms with E-state index in [2.05, 4.69) is 15.1 Å². The summed E-state index contributed by atoms with van der Waals surface area (Å²) >= 11 is 0. The van der Waals surface area contributed by atoms with E-state index in [-0.39, 0.29) is 18.2 Å². The third kappa shape index (κ3) is 4.28. The van der Waals surface area contributed by atoms with Crippen molar-refractivity contribution in [1.29, 1.82) is 0 Å². The molecule has 2 aromatic heterocycles. The topological polar surface area (TPSA) is 122 Å². The minimum Gasteiger partial charge on any atom is -0.467 e. The number of hydrogen-bond acceptors (Lipinski definition) is 7. The molecule has 9 heteroatoms. The number of methoxy groups -OCH3 is 1. The van der Waals surface area contributed by atoms with E-state index in [1.165, 1.54) is 30.4 Å². The number of carbonyl (C=O) groups excluding carboxylic acids is 2. The Kier molecular flexibility index (Phi) is 4.82. The molecule has 128 valence electrons. The van der Waals surface area contributed by atoms with Crippen molar-refractivity contribution in [2.75, 3.05) is 7.11 Å². The Morgan fingerprint density at radius 2 is 1.88 bits per heavy atom. The summed E-state index contributed by atoms with van der Waals surface area (Å²) in [6.07, 6.45) is 4.48. The van der Waals surface area contributed by atoms with Crippen molar-refractivity contribution < 1.29 is 19.1 Å². The highest BCUT2D eigenvalue weighted by Crippen LogP contribution is 2.22. The number of hydrogen-bond donors (Lipinski definition) is 1. The number of esters is 1. The summed E-state index contributed by atoms with van der Waals surface area (Å²) in [6.45, 7) is 5.16. The Balaban J connectivity index is 2.29. The Morgan fingerprint density at radius 1 is 1.25 bits per heavy atom. The number of aromatic nitrogens is 4. The number of nitrogens with zero attached hydrogens (tertiary/aromatic N) is 4. The summed E-state index contributed by atoms with van der Waals surface area (Å²) in [7, 11) is 1.45. The van der Waals surface area contributed by atoms with E-state index in [1.54, 1.807) is 20.8 Å². The van der Waals surface area contributed by atoms with Crippen LogP contribution in [-0.2, 0) is 16.1 Å². The van der Waals surface area contributed by atoms with E-state index in [1.807, 2.05) is 0 Å². The number of rotatable bonds is 5. The smallest absolute Gasteiger partial charge is 0.328 e. The van der Waals surface area contributed by atoms with Gasteiger partial charge in [0, 0.05) is 29.7 Å². The van der Waals surface area contributed by atoms with Crippen molar-refractivity contribution in [2.24, 2.45) is 5.73 Å². The van der Waals surface area contributed by atoms with Gasteiger partial charge in [-0.2, -0.15) is 5.10 Å². The first-order valence-corrected chi connectivity index (χ1v) is 7.15. The number of ether oxygens (including phenoxy) is 2. The largest absolute Gasteiger partial charge is 0.467 e. The van der Waals surface area contributed by atoms with Crippen LogP contribution in [0.25, 0.3) is 11.1 Å². The summed E-state index contributed by atoms with van der Waals surface area (Å²) in [5.74, 6) is -1.19. The van der Waals surface area contributed by atoms with Gasteiger partial charge in [0.1, 0.15) is 12.1 Å². The molecule has 0 saturated carbocycles. The maximum Gasteiger partial charge on any atom is 0.328 e. The lowest BCUT2D eigenvalue weighted by Gasteiger charge is -2.19. The lowest BCUT2D eigenvalue weighted by atomic mass is 10.1. The molecule has 0 atom stereocenters. The van der Waals surface area contributed by atoms with Crippen LogP contribution >= 0.6 is 0 Å². The molecule has 2 heterocycles. The number of primary amides is 1. The number of carbonyl (C=O) groups is 2. The second kappa shape index (κ2) is 6.65. The molecule has 9 nitrogen and oxygen atoms in total. The maximum absolute atomic E-state index is 11.9. The van der Waals surface area contributed by atoms with Gasteiger partial charge in [-0.25, -0.2) is 9.97 Å². The van der Waals surface area contributed by atoms with Gasteiger partial charge in [0.15, 0.2) is 5.69 Å². The highest BCUT2D eigenvalue weighted by atomic mass is 16.6. The molecule has 0 aliphatic rings. The van der Waals surface area contributed by atoms with E-state index in [4.69, 9.17) is 15.2 Å². The van der Waals surface area contributed by atoms with E-state index in [9.17, 15) is 9.59 Å². The van der Waals surface area contributed by atoms with Gasteiger partial charge >= 0.3 is 12.0 Å². The van der Waals surface area contributed by atoms with Gasteiger partial charge in [0.05, 0.1) is 7.11 Å². The Hall–Kier alpha value is -2.97. The van der Waals surface area contributed by atoms with Gasteiger partial charge < -0.3 is 15.2 Å². The molecule has 2 aromatic rings. The highest BCUT2D eigenvalue weighted by Gasteiger charge is 2.20. The average molecular weight is 333 g/mol. The summed E-state index contributed by atoms with van der Waals surface area (Å²) in [5.41, 5.74) is 5.72. The van der Waals surface area contributed by atoms with Crippen molar-refractivity contribution in [3.05, 3.63) is 24.3 Å². The standard InChI is InChI=1S/C15H19N5O4/c1-15(2,3)24-11(21)8-20-7-10(12(19-20)13(16)22)9-5-17-14(23-4)18-6-9/h5-7H,8H2,1-4H3,(H2,16,22). The van der Waals surface area contributed by atoms with Crippen LogP contribution in [0.3, 0.4) is 0 Å². The summed E-state index contributed by atoms with van der Waals surface area (Å²) in [6, 6.07) is 0.195. The Morgan fingerprint density at radius 3 is 2.38 bits per heavy atom.